The molecular weight excluding hydrogens is 338 g/mol. The summed E-state index contributed by atoms with van der Waals surface area (Å²) >= 11 is 1.67. The summed E-state index contributed by atoms with van der Waals surface area (Å²) in [5.41, 5.74) is 1.38. The Balaban J connectivity index is 1.68. The maximum atomic E-state index is 11.7. The van der Waals surface area contributed by atoms with Crippen molar-refractivity contribution in [3.63, 3.8) is 0 Å². The van der Waals surface area contributed by atoms with Crippen molar-refractivity contribution in [2.24, 2.45) is 0 Å². The first-order chi connectivity index (χ1) is 11.9. The van der Waals surface area contributed by atoms with E-state index in [9.17, 15) is 4.79 Å². The zero-order valence-electron chi connectivity index (χ0n) is 14.3. The average Bonchev–Trinajstić information content (AvgIpc) is 3.23. The van der Waals surface area contributed by atoms with Crippen molar-refractivity contribution in [3.05, 3.63) is 47.7 Å². The van der Waals surface area contributed by atoms with Crippen molar-refractivity contribution < 1.29 is 13.9 Å². The van der Waals surface area contributed by atoms with Gasteiger partial charge in [-0.25, -0.2) is 4.79 Å². The number of aromatic nitrogens is 2. The fraction of sp³-hybridized carbons (Fsp3) is 0.278. The zero-order valence-corrected chi connectivity index (χ0v) is 15.1. The second-order valence-corrected chi connectivity index (χ2v) is 7.36. The van der Waals surface area contributed by atoms with Crippen LogP contribution >= 0.6 is 11.3 Å². The molecule has 0 atom stereocenters. The Morgan fingerprint density at radius 1 is 1.20 bits per heavy atom. The molecule has 3 rings (SSSR count). The monoisotopic (exact) mass is 357 g/mol. The molecule has 6 nitrogen and oxygen atoms in total. The summed E-state index contributed by atoms with van der Waals surface area (Å²) in [5.74, 6) is 0.738. The third kappa shape index (κ3) is 4.67. The molecule has 0 saturated heterocycles. The summed E-state index contributed by atoms with van der Waals surface area (Å²) in [7, 11) is 0. The number of hydrogen-bond donors (Lipinski definition) is 1. The van der Waals surface area contributed by atoms with Crippen LogP contribution < -0.4 is 5.32 Å². The maximum absolute atomic E-state index is 11.7. The molecule has 0 saturated carbocycles. The van der Waals surface area contributed by atoms with E-state index in [-0.39, 0.29) is 6.54 Å². The Labute approximate surface area is 149 Å². The lowest BCUT2D eigenvalue weighted by Crippen LogP contribution is -2.32. The van der Waals surface area contributed by atoms with Crippen LogP contribution in [0.3, 0.4) is 0 Å². The molecular formula is C18H19N3O3S. The van der Waals surface area contributed by atoms with E-state index >= 15 is 0 Å². The van der Waals surface area contributed by atoms with Gasteiger partial charge in [0.05, 0.1) is 6.54 Å². The highest BCUT2D eigenvalue weighted by Crippen LogP contribution is 2.28. The average molecular weight is 357 g/mol. The molecule has 1 N–H and O–H groups in total. The van der Waals surface area contributed by atoms with E-state index < -0.39 is 11.7 Å². The van der Waals surface area contributed by atoms with E-state index in [1.54, 1.807) is 32.1 Å². The summed E-state index contributed by atoms with van der Waals surface area (Å²) in [6.07, 6.45) is -0.521. The number of hydrogen-bond acceptors (Lipinski definition) is 6. The van der Waals surface area contributed by atoms with Gasteiger partial charge in [-0.15, -0.1) is 21.5 Å². The Kier molecular flexibility index (Phi) is 4.85. The van der Waals surface area contributed by atoms with Gasteiger partial charge in [0.15, 0.2) is 0 Å². The Morgan fingerprint density at radius 3 is 2.72 bits per heavy atom. The summed E-state index contributed by atoms with van der Waals surface area (Å²) in [6, 6.07) is 12.0. The summed E-state index contributed by atoms with van der Waals surface area (Å²) in [6.45, 7) is 5.53. The van der Waals surface area contributed by atoms with Crippen LogP contribution in [0.4, 0.5) is 4.79 Å². The maximum Gasteiger partial charge on any atom is 0.408 e. The Morgan fingerprint density at radius 2 is 2.00 bits per heavy atom. The normalized spacial score (nSPS) is 11.3. The van der Waals surface area contributed by atoms with Crippen molar-refractivity contribution in [1.82, 2.24) is 15.5 Å². The molecule has 3 aromatic rings. The second-order valence-electron chi connectivity index (χ2n) is 6.41. The van der Waals surface area contributed by atoms with Crippen LogP contribution in [0.1, 0.15) is 26.7 Å². The van der Waals surface area contributed by atoms with Crippen LogP contribution in [0, 0.1) is 0 Å². The van der Waals surface area contributed by atoms with E-state index in [0.717, 1.165) is 11.1 Å². The number of thiophene rings is 1. The number of ether oxygens (including phenoxy) is 1. The highest BCUT2D eigenvalue weighted by molar-refractivity contribution is 7.13. The van der Waals surface area contributed by atoms with Gasteiger partial charge in [-0.1, -0.05) is 18.2 Å². The molecule has 7 heteroatoms. The van der Waals surface area contributed by atoms with Gasteiger partial charge in [-0.3, -0.25) is 0 Å². The molecule has 0 fully saturated rings. The van der Waals surface area contributed by atoms with Gasteiger partial charge >= 0.3 is 6.09 Å². The number of rotatable bonds is 4. The summed E-state index contributed by atoms with van der Waals surface area (Å²) < 4.78 is 10.8. The van der Waals surface area contributed by atoms with E-state index in [0.29, 0.717) is 11.8 Å². The highest BCUT2D eigenvalue weighted by atomic mass is 32.1. The largest absolute Gasteiger partial charge is 0.444 e. The first kappa shape index (κ1) is 17.2. The SMILES string of the molecule is CC(C)(C)OC(=O)NCc1nnc(-c2cccc(-c3cccs3)c2)o1. The van der Waals surface area contributed by atoms with Crippen LogP contribution in [0.15, 0.2) is 46.2 Å². The van der Waals surface area contributed by atoms with Crippen LogP contribution in [0.25, 0.3) is 21.9 Å². The minimum absolute atomic E-state index is 0.118. The van der Waals surface area contributed by atoms with Crippen LogP contribution in [-0.2, 0) is 11.3 Å². The molecule has 0 aliphatic heterocycles. The van der Waals surface area contributed by atoms with Gasteiger partial charge < -0.3 is 14.5 Å². The molecule has 0 spiro atoms. The fourth-order valence-electron chi connectivity index (χ4n) is 2.15. The van der Waals surface area contributed by atoms with Gasteiger partial charge in [0.2, 0.25) is 11.8 Å². The summed E-state index contributed by atoms with van der Waals surface area (Å²) in [4.78, 5) is 12.8. The number of amides is 1. The van der Waals surface area contributed by atoms with E-state index in [1.165, 1.54) is 4.88 Å². The molecule has 130 valence electrons. The number of nitrogens with zero attached hydrogens (tertiary/aromatic N) is 2. The molecule has 1 aromatic carbocycles. The first-order valence-corrected chi connectivity index (χ1v) is 8.72. The van der Waals surface area contributed by atoms with Crippen LogP contribution in [0.5, 0.6) is 0 Å². The van der Waals surface area contributed by atoms with E-state index in [4.69, 9.17) is 9.15 Å². The van der Waals surface area contributed by atoms with Crippen molar-refractivity contribution in [1.29, 1.82) is 0 Å². The van der Waals surface area contributed by atoms with Crippen LogP contribution in [-0.4, -0.2) is 21.9 Å². The minimum Gasteiger partial charge on any atom is -0.444 e. The molecule has 2 aromatic heterocycles. The molecule has 1 amide bonds. The van der Waals surface area contributed by atoms with Gasteiger partial charge in [0.25, 0.3) is 0 Å². The van der Waals surface area contributed by atoms with Gasteiger partial charge in [-0.05, 0) is 49.9 Å². The molecule has 0 bridgehead atoms. The number of carbonyl (C=O) groups is 1. The molecule has 2 heterocycles. The second kappa shape index (κ2) is 7.06. The number of benzene rings is 1. The Hall–Kier alpha value is -2.67. The lowest BCUT2D eigenvalue weighted by molar-refractivity contribution is 0.0519. The van der Waals surface area contributed by atoms with Gasteiger partial charge in [0, 0.05) is 10.4 Å². The number of alkyl carbamates (subject to hydrolysis) is 1. The molecule has 0 aliphatic carbocycles. The van der Waals surface area contributed by atoms with E-state index in [2.05, 4.69) is 21.6 Å². The van der Waals surface area contributed by atoms with Crippen molar-refractivity contribution >= 4 is 17.4 Å². The van der Waals surface area contributed by atoms with Crippen molar-refractivity contribution in [2.45, 2.75) is 32.9 Å². The van der Waals surface area contributed by atoms with Gasteiger partial charge in [-0.2, -0.15) is 0 Å². The standard InChI is InChI=1S/C18H19N3O3S/c1-18(2,3)24-17(22)19-11-15-20-21-16(23-15)13-7-4-6-12(10-13)14-8-5-9-25-14/h4-10H,11H2,1-3H3,(H,19,22). The number of nitrogens with one attached hydrogen (secondary N) is 1. The molecule has 0 unspecified atom stereocenters. The predicted octanol–water partition coefficient (Wildman–Crippen LogP) is 4.49. The Bertz CT molecular complexity index is 851. The zero-order chi connectivity index (χ0) is 17.9. The predicted molar refractivity (Wildman–Crippen MR) is 96.1 cm³/mol. The molecule has 0 radical (unpaired) electrons. The lowest BCUT2D eigenvalue weighted by Gasteiger charge is -2.19. The topological polar surface area (TPSA) is 77.2 Å². The number of carbonyl (C=O) groups excluding carboxylic acids is 1. The minimum atomic E-state index is -0.549. The fourth-order valence-corrected chi connectivity index (χ4v) is 2.88. The van der Waals surface area contributed by atoms with Crippen LogP contribution in [0.2, 0.25) is 0 Å². The van der Waals surface area contributed by atoms with Crippen molar-refractivity contribution in [2.75, 3.05) is 0 Å². The van der Waals surface area contributed by atoms with Gasteiger partial charge in [0.1, 0.15) is 5.60 Å². The smallest absolute Gasteiger partial charge is 0.408 e. The molecule has 0 aliphatic rings. The first-order valence-electron chi connectivity index (χ1n) is 7.84. The quantitative estimate of drug-likeness (QED) is 0.744. The third-order valence-electron chi connectivity index (χ3n) is 3.16. The third-order valence-corrected chi connectivity index (χ3v) is 4.08. The molecule has 25 heavy (non-hydrogen) atoms. The highest BCUT2D eigenvalue weighted by Gasteiger charge is 2.17. The van der Waals surface area contributed by atoms with Crippen molar-refractivity contribution in [3.8, 4) is 21.9 Å². The lowest BCUT2D eigenvalue weighted by atomic mass is 10.1. The summed E-state index contributed by atoms with van der Waals surface area (Å²) in [5, 5.41) is 12.7. The van der Waals surface area contributed by atoms with E-state index in [1.807, 2.05) is 35.7 Å².